The maximum absolute atomic E-state index is 6.35. The summed E-state index contributed by atoms with van der Waals surface area (Å²) in [6.45, 7) is 5.92. The Labute approximate surface area is 316 Å². The molecule has 0 N–H and O–H groups in total. The highest BCUT2D eigenvalue weighted by Crippen LogP contribution is 2.38. The van der Waals surface area contributed by atoms with Crippen molar-refractivity contribution in [1.82, 2.24) is 14.7 Å². The molecule has 0 spiro atoms. The van der Waals surface area contributed by atoms with Gasteiger partial charge in [-0.1, -0.05) is 66.8 Å². The first-order valence-electron chi connectivity index (χ1n) is 19.1. The molecule has 4 aliphatic heterocycles. The van der Waals surface area contributed by atoms with Gasteiger partial charge in [0, 0.05) is 88.5 Å². The average molecular weight is 727 g/mol. The first-order chi connectivity index (χ1) is 26.2. The largest absolute Gasteiger partial charge is 0.477 e. The zero-order chi connectivity index (χ0) is 35.1. The molecule has 2 aromatic carbocycles. The second kappa shape index (κ2) is 14.3. The van der Waals surface area contributed by atoms with Crippen molar-refractivity contribution in [3.63, 3.8) is 0 Å². The van der Waals surface area contributed by atoms with Crippen LogP contribution in [0.2, 0.25) is 0 Å². The van der Waals surface area contributed by atoms with Crippen LogP contribution in [0.1, 0.15) is 36.8 Å². The molecule has 0 amide bonds. The second-order valence-corrected chi connectivity index (χ2v) is 16.4. The van der Waals surface area contributed by atoms with Gasteiger partial charge >= 0.3 is 0 Å². The molecule has 1 saturated heterocycles. The Morgan fingerprint density at radius 2 is 1.38 bits per heavy atom. The average Bonchev–Trinajstić information content (AvgIpc) is 3.23. The first kappa shape index (κ1) is 32.9. The summed E-state index contributed by atoms with van der Waals surface area (Å²) in [7, 11) is 0. The van der Waals surface area contributed by atoms with Gasteiger partial charge in [0.15, 0.2) is 20.2 Å². The van der Waals surface area contributed by atoms with Crippen LogP contribution in [0.5, 0.6) is 11.5 Å². The smallest absolute Gasteiger partial charge is 0.161 e. The molecule has 0 saturated carbocycles. The van der Waals surface area contributed by atoms with Gasteiger partial charge in [-0.2, -0.15) is 0 Å². The maximum Gasteiger partial charge on any atom is 0.161 e. The summed E-state index contributed by atoms with van der Waals surface area (Å²) in [5.74, 6) is 3.45. The summed E-state index contributed by atoms with van der Waals surface area (Å²) in [6.07, 6.45) is 29.8. The van der Waals surface area contributed by atoms with Gasteiger partial charge in [0.2, 0.25) is 0 Å². The van der Waals surface area contributed by atoms with Gasteiger partial charge in [0.05, 0.1) is 6.10 Å². The molecule has 0 bridgehead atoms. The molecule has 1 fully saturated rings. The molecule has 9 heteroatoms. The van der Waals surface area contributed by atoms with Crippen LogP contribution in [-0.2, 0) is 22.6 Å². The number of fused-ring (bicyclic) bond motifs is 3. The molecule has 0 aromatic heterocycles. The monoisotopic (exact) mass is 726 g/mol. The molecule has 53 heavy (non-hydrogen) atoms. The number of hydrogen-bond acceptors (Lipinski definition) is 9. The SMILES string of the molecule is C1=CC2=C(CC1)OCN(C1=CC3CN(C4=CCC(SC5C=CC(N6COc7ccc(N8COc9ccccc9C8)cc7C6)=CC5)C=C4)COC3C=C1)C2. The minimum absolute atomic E-state index is 0.134. The summed E-state index contributed by atoms with van der Waals surface area (Å²) in [5, 5.41) is 0.925. The van der Waals surface area contributed by atoms with Crippen molar-refractivity contribution in [3.8, 4) is 11.5 Å². The van der Waals surface area contributed by atoms with Crippen LogP contribution in [0, 0.1) is 5.92 Å². The standard InChI is InChI=1S/C44H46N4O4S/c1-3-7-41-31(5-1)23-47(29-49-41)37-13-19-43-33(21-37)25-45(27-51-43)35-9-15-39(16-10-35)53-40-17-11-36(12-18-40)46-26-34-22-38(14-20-44(34)52-28-46)48-24-32-6-2-4-8-42(32)50-30-48/h1-3,5-7,9-15,17,19-22,34,39-40,44H,4,8,16,18,23-30H2. The number of hydrogen-bond donors (Lipinski definition) is 0. The van der Waals surface area contributed by atoms with E-state index in [0.717, 1.165) is 69.0 Å². The summed E-state index contributed by atoms with van der Waals surface area (Å²) in [6, 6.07) is 14.8. The quantitative estimate of drug-likeness (QED) is 0.295. The fourth-order valence-corrected chi connectivity index (χ4v) is 9.70. The Bertz CT molecular complexity index is 2010. The van der Waals surface area contributed by atoms with Gasteiger partial charge in [0.25, 0.3) is 0 Å². The van der Waals surface area contributed by atoms with Gasteiger partial charge in [0.1, 0.15) is 24.0 Å². The molecular formula is C44H46N4O4S. The highest BCUT2D eigenvalue weighted by Gasteiger charge is 2.33. The number of allylic oxidation sites excluding steroid dienone is 7. The molecule has 2 aromatic rings. The Morgan fingerprint density at radius 1 is 0.642 bits per heavy atom. The third-order valence-electron chi connectivity index (χ3n) is 11.5. The number of nitrogens with zero attached hydrogens (tertiary/aromatic N) is 4. The van der Waals surface area contributed by atoms with Crippen LogP contribution in [0.15, 0.2) is 138 Å². The van der Waals surface area contributed by atoms with Gasteiger partial charge in [-0.3, -0.25) is 0 Å². The summed E-state index contributed by atoms with van der Waals surface area (Å²) < 4.78 is 24.8. The van der Waals surface area contributed by atoms with Gasteiger partial charge in [-0.15, -0.1) is 11.8 Å². The van der Waals surface area contributed by atoms with Crippen molar-refractivity contribution in [2.75, 3.05) is 44.9 Å². The summed E-state index contributed by atoms with van der Waals surface area (Å²) in [4.78, 5) is 9.37. The molecule has 0 radical (unpaired) electrons. The van der Waals surface area contributed by atoms with Crippen LogP contribution in [0.4, 0.5) is 5.69 Å². The number of thioether (sulfide) groups is 1. The van der Waals surface area contributed by atoms with Crippen LogP contribution in [0.3, 0.4) is 0 Å². The minimum Gasteiger partial charge on any atom is -0.477 e. The lowest BCUT2D eigenvalue weighted by Gasteiger charge is -2.41. The third-order valence-corrected chi connectivity index (χ3v) is 12.9. The van der Waals surface area contributed by atoms with E-state index in [1.807, 2.05) is 12.1 Å². The number of benzene rings is 2. The van der Waals surface area contributed by atoms with E-state index in [1.54, 1.807) is 0 Å². The van der Waals surface area contributed by atoms with Crippen molar-refractivity contribution in [2.24, 2.45) is 5.92 Å². The van der Waals surface area contributed by atoms with E-state index in [2.05, 4.69) is 129 Å². The highest BCUT2D eigenvalue weighted by molar-refractivity contribution is 8.00. The summed E-state index contributed by atoms with van der Waals surface area (Å²) >= 11 is 2.06. The van der Waals surface area contributed by atoms with Crippen LogP contribution in [-0.4, -0.2) is 71.3 Å². The first-order valence-corrected chi connectivity index (χ1v) is 20.0. The van der Waals surface area contributed by atoms with Gasteiger partial charge in [-0.05, 0) is 61.8 Å². The van der Waals surface area contributed by atoms with Crippen molar-refractivity contribution < 1.29 is 18.9 Å². The zero-order valence-electron chi connectivity index (χ0n) is 30.0. The number of para-hydroxylation sites is 1. The van der Waals surface area contributed by atoms with Crippen LogP contribution >= 0.6 is 11.8 Å². The normalized spacial score (nSPS) is 27.4. The maximum atomic E-state index is 6.35. The molecule has 4 unspecified atom stereocenters. The van der Waals surface area contributed by atoms with Crippen molar-refractivity contribution in [3.05, 3.63) is 149 Å². The van der Waals surface area contributed by atoms with E-state index in [4.69, 9.17) is 18.9 Å². The lowest BCUT2D eigenvalue weighted by molar-refractivity contribution is -0.0550. The predicted molar refractivity (Wildman–Crippen MR) is 210 cm³/mol. The Morgan fingerprint density at radius 3 is 2.23 bits per heavy atom. The lowest BCUT2D eigenvalue weighted by atomic mass is 9.93. The molecule has 4 aliphatic carbocycles. The second-order valence-electron chi connectivity index (χ2n) is 15.0. The predicted octanol–water partition coefficient (Wildman–Crippen LogP) is 7.98. The van der Waals surface area contributed by atoms with Crippen LogP contribution in [0.25, 0.3) is 0 Å². The molecule has 8 aliphatic rings. The van der Waals surface area contributed by atoms with Crippen molar-refractivity contribution >= 4 is 17.4 Å². The Balaban J connectivity index is 0.713. The molecular weight excluding hydrogens is 681 g/mol. The van der Waals surface area contributed by atoms with E-state index < -0.39 is 0 Å². The van der Waals surface area contributed by atoms with Gasteiger partial charge in [-0.25, -0.2) is 0 Å². The van der Waals surface area contributed by atoms with E-state index in [9.17, 15) is 0 Å². The highest BCUT2D eigenvalue weighted by atomic mass is 32.2. The Hall–Kier alpha value is -4.73. The van der Waals surface area contributed by atoms with Crippen LogP contribution < -0.4 is 14.4 Å². The number of ether oxygens (including phenoxy) is 4. The molecule has 4 atom stereocenters. The summed E-state index contributed by atoms with van der Waals surface area (Å²) in [5.41, 5.74) is 8.68. The van der Waals surface area contributed by atoms with Crippen molar-refractivity contribution in [1.29, 1.82) is 0 Å². The fourth-order valence-electron chi connectivity index (χ4n) is 8.49. The van der Waals surface area contributed by atoms with Gasteiger partial charge < -0.3 is 38.5 Å². The molecule has 272 valence electrons. The number of anilines is 1. The zero-order valence-corrected chi connectivity index (χ0v) is 30.8. The topological polar surface area (TPSA) is 49.9 Å². The lowest BCUT2D eigenvalue weighted by Crippen LogP contribution is -2.45. The molecule has 10 rings (SSSR count). The fraction of sp³-hybridized carbons (Fsp3) is 0.364. The van der Waals surface area contributed by atoms with E-state index >= 15 is 0 Å². The van der Waals surface area contributed by atoms with Crippen molar-refractivity contribution in [2.45, 2.75) is 55.4 Å². The Kier molecular flexibility index (Phi) is 8.84. The van der Waals surface area contributed by atoms with E-state index in [-0.39, 0.29) is 6.10 Å². The molecule has 4 heterocycles. The van der Waals surface area contributed by atoms with E-state index in [1.165, 1.54) is 39.6 Å². The minimum atomic E-state index is 0.134. The third kappa shape index (κ3) is 6.81. The van der Waals surface area contributed by atoms with E-state index in [0.29, 0.717) is 43.3 Å². The number of rotatable bonds is 6. The molecule has 8 nitrogen and oxygen atoms in total.